The summed E-state index contributed by atoms with van der Waals surface area (Å²) in [6.45, 7) is 6.12. The van der Waals surface area contributed by atoms with Crippen molar-refractivity contribution in [1.82, 2.24) is 14.7 Å². The summed E-state index contributed by atoms with van der Waals surface area (Å²) >= 11 is 0. The Bertz CT molecular complexity index is 399. The van der Waals surface area contributed by atoms with Crippen LogP contribution in [0.1, 0.15) is 24.6 Å². The van der Waals surface area contributed by atoms with Gasteiger partial charge in [-0.1, -0.05) is 0 Å². The topological polar surface area (TPSA) is 56.3 Å². The predicted octanol–water partition coefficient (Wildman–Crippen LogP) is 0.809. The molecule has 2 fully saturated rings. The number of likely N-dealkylation sites (tertiary alicyclic amines) is 1. The molecule has 0 saturated carbocycles. The van der Waals surface area contributed by atoms with Crippen LogP contribution >= 0.6 is 0 Å². The van der Waals surface area contributed by atoms with Gasteiger partial charge in [-0.25, -0.2) is 0 Å². The van der Waals surface area contributed by atoms with Crippen molar-refractivity contribution in [2.45, 2.75) is 31.8 Å². The van der Waals surface area contributed by atoms with Gasteiger partial charge in [0.05, 0.1) is 42.9 Å². The van der Waals surface area contributed by atoms with Gasteiger partial charge in [-0.05, 0) is 26.3 Å². The van der Waals surface area contributed by atoms with Gasteiger partial charge in [-0.2, -0.15) is 5.10 Å². The van der Waals surface area contributed by atoms with Crippen LogP contribution in [-0.4, -0.2) is 47.0 Å². The van der Waals surface area contributed by atoms with Crippen LogP contribution in [0.2, 0.25) is 0 Å². The molecule has 0 unspecified atom stereocenters. The molecule has 0 aromatic carbocycles. The Morgan fingerprint density at radius 1 is 1.41 bits per heavy atom. The average Bonchev–Trinajstić information content (AvgIpc) is 2.58. The maximum Gasteiger partial charge on any atom is 0.0730 e. The van der Waals surface area contributed by atoms with Crippen molar-refractivity contribution in [1.29, 1.82) is 0 Å². The lowest BCUT2D eigenvalue weighted by atomic mass is 10.0. The van der Waals surface area contributed by atoms with E-state index in [1.807, 2.05) is 6.92 Å². The van der Waals surface area contributed by atoms with Crippen molar-refractivity contribution in [3.8, 4) is 0 Å². The number of aromatic nitrogens is 2. The molecule has 2 saturated heterocycles. The zero-order valence-electron chi connectivity index (χ0n) is 10.3. The number of nitrogens with zero attached hydrogens (tertiary/aromatic N) is 3. The summed E-state index contributed by atoms with van der Waals surface area (Å²) in [5.41, 5.74) is 7.76. The van der Waals surface area contributed by atoms with Crippen molar-refractivity contribution in [3.05, 3.63) is 11.9 Å². The molecule has 0 amide bonds. The molecule has 2 aliphatic heterocycles. The van der Waals surface area contributed by atoms with Gasteiger partial charge < -0.3 is 10.5 Å². The minimum Gasteiger partial charge on any atom is -0.396 e. The van der Waals surface area contributed by atoms with E-state index in [4.69, 9.17) is 10.5 Å². The molecular weight excluding hydrogens is 216 g/mol. The Hall–Kier alpha value is -1.07. The molecule has 0 radical (unpaired) electrons. The second kappa shape index (κ2) is 4.31. The number of hydrogen-bond donors (Lipinski definition) is 1. The third-order valence-corrected chi connectivity index (χ3v) is 3.99. The van der Waals surface area contributed by atoms with Gasteiger partial charge in [0, 0.05) is 6.54 Å². The Kier molecular flexibility index (Phi) is 2.80. The molecule has 0 bridgehead atoms. The number of nitrogen functional groups attached to an aromatic ring is 1. The Balaban J connectivity index is 1.72. The third kappa shape index (κ3) is 1.93. The molecule has 94 valence electrons. The van der Waals surface area contributed by atoms with Crippen LogP contribution in [-0.2, 0) is 4.74 Å². The minimum atomic E-state index is 0.474. The lowest BCUT2D eigenvalue weighted by Gasteiger charge is -2.42. The van der Waals surface area contributed by atoms with Crippen LogP contribution in [0.15, 0.2) is 6.20 Å². The summed E-state index contributed by atoms with van der Waals surface area (Å²) in [5.74, 6) is 0. The molecule has 1 atom stereocenters. The van der Waals surface area contributed by atoms with E-state index in [2.05, 4.69) is 14.7 Å². The SMILES string of the molecule is Cc1c(N)cnn1[C@@H]1CCCN(C2COC2)C1. The highest BCUT2D eigenvalue weighted by atomic mass is 16.5. The molecule has 1 aromatic heterocycles. The predicted molar refractivity (Wildman–Crippen MR) is 65.8 cm³/mol. The summed E-state index contributed by atoms with van der Waals surface area (Å²) in [6, 6.07) is 1.10. The number of rotatable bonds is 2. The quantitative estimate of drug-likeness (QED) is 0.825. The first-order chi connectivity index (χ1) is 8.25. The summed E-state index contributed by atoms with van der Waals surface area (Å²) in [7, 11) is 0. The van der Waals surface area contributed by atoms with Gasteiger partial charge in [0.15, 0.2) is 0 Å². The van der Waals surface area contributed by atoms with E-state index >= 15 is 0 Å². The zero-order valence-corrected chi connectivity index (χ0v) is 10.3. The van der Waals surface area contributed by atoms with E-state index in [0.29, 0.717) is 12.1 Å². The second-order valence-corrected chi connectivity index (χ2v) is 5.11. The molecular formula is C12H20N4O. The summed E-state index contributed by atoms with van der Waals surface area (Å²) in [5, 5.41) is 4.41. The van der Waals surface area contributed by atoms with Crippen LogP contribution in [0.4, 0.5) is 5.69 Å². The fourth-order valence-electron chi connectivity index (χ4n) is 2.75. The molecule has 1 aromatic rings. The Morgan fingerprint density at radius 3 is 2.82 bits per heavy atom. The van der Waals surface area contributed by atoms with Gasteiger partial charge in [0.2, 0.25) is 0 Å². The van der Waals surface area contributed by atoms with Crippen LogP contribution in [0, 0.1) is 6.92 Å². The van der Waals surface area contributed by atoms with E-state index in [1.54, 1.807) is 6.20 Å². The first-order valence-electron chi connectivity index (χ1n) is 6.37. The highest BCUT2D eigenvalue weighted by Crippen LogP contribution is 2.26. The number of hydrogen-bond acceptors (Lipinski definition) is 4. The summed E-state index contributed by atoms with van der Waals surface area (Å²) in [4.78, 5) is 2.54. The fraction of sp³-hybridized carbons (Fsp3) is 0.750. The van der Waals surface area contributed by atoms with Crippen LogP contribution in [0.3, 0.4) is 0 Å². The molecule has 3 rings (SSSR count). The van der Waals surface area contributed by atoms with Crippen LogP contribution in [0.5, 0.6) is 0 Å². The van der Waals surface area contributed by atoms with E-state index in [1.165, 1.54) is 19.4 Å². The number of ether oxygens (including phenoxy) is 1. The van der Waals surface area contributed by atoms with Crippen molar-refractivity contribution in [3.63, 3.8) is 0 Å². The normalized spacial score (nSPS) is 27.0. The van der Waals surface area contributed by atoms with Gasteiger partial charge in [-0.15, -0.1) is 0 Å². The number of anilines is 1. The molecule has 0 aliphatic carbocycles. The zero-order chi connectivity index (χ0) is 11.8. The van der Waals surface area contributed by atoms with Crippen LogP contribution < -0.4 is 5.73 Å². The molecule has 0 spiro atoms. The van der Waals surface area contributed by atoms with Crippen molar-refractivity contribution in [2.75, 3.05) is 32.0 Å². The first-order valence-corrected chi connectivity index (χ1v) is 6.37. The maximum absolute atomic E-state index is 5.86. The Morgan fingerprint density at radius 2 is 2.24 bits per heavy atom. The Labute approximate surface area is 102 Å². The van der Waals surface area contributed by atoms with E-state index in [9.17, 15) is 0 Å². The van der Waals surface area contributed by atoms with Gasteiger partial charge in [0.25, 0.3) is 0 Å². The van der Waals surface area contributed by atoms with Gasteiger partial charge in [0.1, 0.15) is 0 Å². The van der Waals surface area contributed by atoms with Crippen molar-refractivity contribution < 1.29 is 4.74 Å². The standard InChI is InChI=1S/C12H20N4O/c1-9-12(13)5-14-16(9)10-3-2-4-15(6-10)11-7-17-8-11/h5,10-11H,2-4,6-8,13H2,1H3/t10-/m1/s1. The lowest BCUT2D eigenvalue weighted by molar-refractivity contribution is -0.0758. The number of piperidine rings is 1. The van der Waals surface area contributed by atoms with E-state index < -0.39 is 0 Å². The van der Waals surface area contributed by atoms with Gasteiger partial charge in [-0.3, -0.25) is 9.58 Å². The molecule has 2 aliphatic rings. The smallest absolute Gasteiger partial charge is 0.0730 e. The second-order valence-electron chi connectivity index (χ2n) is 5.11. The van der Waals surface area contributed by atoms with Gasteiger partial charge >= 0.3 is 0 Å². The number of nitrogens with two attached hydrogens (primary N) is 1. The molecule has 5 heteroatoms. The highest BCUT2D eigenvalue weighted by molar-refractivity contribution is 5.39. The molecule has 3 heterocycles. The van der Waals surface area contributed by atoms with E-state index in [-0.39, 0.29) is 0 Å². The first kappa shape index (κ1) is 11.0. The molecule has 2 N–H and O–H groups in total. The minimum absolute atomic E-state index is 0.474. The molecule has 17 heavy (non-hydrogen) atoms. The lowest BCUT2D eigenvalue weighted by Crippen LogP contribution is -2.52. The average molecular weight is 236 g/mol. The highest BCUT2D eigenvalue weighted by Gasteiger charge is 2.31. The van der Waals surface area contributed by atoms with Crippen molar-refractivity contribution >= 4 is 5.69 Å². The monoisotopic (exact) mass is 236 g/mol. The maximum atomic E-state index is 5.86. The largest absolute Gasteiger partial charge is 0.396 e. The fourth-order valence-corrected chi connectivity index (χ4v) is 2.75. The molecule has 5 nitrogen and oxygen atoms in total. The summed E-state index contributed by atoms with van der Waals surface area (Å²) < 4.78 is 7.37. The van der Waals surface area contributed by atoms with Crippen molar-refractivity contribution in [2.24, 2.45) is 0 Å². The van der Waals surface area contributed by atoms with E-state index in [0.717, 1.165) is 31.1 Å². The third-order valence-electron chi connectivity index (χ3n) is 3.99. The van der Waals surface area contributed by atoms with Crippen LogP contribution in [0.25, 0.3) is 0 Å². The summed E-state index contributed by atoms with van der Waals surface area (Å²) in [6.07, 6.45) is 4.20.